The van der Waals surface area contributed by atoms with Crippen molar-refractivity contribution in [2.45, 2.75) is 19.4 Å². The number of aliphatic imine (C=N–C) groups is 1. The van der Waals surface area contributed by atoms with Crippen LogP contribution in [0.25, 0.3) is 0 Å². The molecule has 1 aliphatic rings. The van der Waals surface area contributed by atoms with Gasteiger partial charge in [-0.25, -0.2) is 4.99 Å². The number of benzene rings is 2. The molecule has 2 aromatic rings. The van der Waals surface area contributed by atoms with Gasteiger partial charge in [0.15, 0.2) is 5.96 Å². The Morgan fingerprint density at radius 3 is 2.63 bits per heavy atom. The zero-order valence-corrected chi connectivity index (χ0v) is 18.0. The van der Waals surface area contributed by atoms with Gasteiger partial charge in [0.05, 0.1) is 18.7 Å². The van der Waals surface area contributed by atoms with E-state index in [0.717, 1.165) is 29.9 Å². The summed E-state index contributed by atoms with van der Waals surface area (Å²) < 4.78 is 5.12. The van der Waals surface area contributed by atoms with E-state index < -0.39 is 0 Å². The van der Waals surface area contributed by atoms with Crippen LogP contribution in [0.3, 0.4) is 0 Å². The number of carbonyl (C=O) groups excluding carboxylic acids is 1. The van der Waals surface area contributed by atoms with Crippen molar-refractivity contribution in [3.8, 4) is 5.75 Å². The second-order valence-corrected chi connectivity index (χ2v) is 6.40. The lowest BCUT2D eigenvalue weighted by molar-refractivity contribution is -0.117. The van der Waals surface area contributed by atoms with Crippen LogP contribution in [0.4, 0.5) is 11.4 Å². The highest BCUT2D eigenvalue weighted by molar-refractivity contribution is 14.0. The molecule has 1 heterocycles. The third-order valence-corrected chi connectivity index (χ3v) is 4.47. The summed E-state index contributed by atoms with van der Waals surface area (Å²) in [6.07, 6.45) is 1.55. The normalized spacial score (nSPS) is 14.1. The summed E-state index contributed by atoms with van der Waals surface area (Å²) in [7, 11) is 1.56. The van der Waals surface area contributed by atoms with Crippen molar-refractivity contribution in [3.05, 3.63) is 53.1 Å². The van der Waals surface area contributed by atoms with E-state index in [4.69, 9.17) is 22.1 Å². The molecule has 0 bridgehead atoms. The van der Waals surface area contributed by atoms with Gasteiger partial charge in [-0.3, -0.25) is 4.79 Å². The Balaban J connectivity index is 0.00000261. The van der Waals surface area contributed by atoms with Crippen molar-refractivity contribution < 1.29 is 9.53 Å². The Morgan fingerprint density at radius 1 is 1.30 bits per heavy atom. The Kier molecular flexibility index (Phi) is 7.73. The van der Waals surface area contributed by atoms with Gasteiger partial charge in [0, 0.05) is 24.3 Å². The first-order valence-corrected chi connectivity index (χ1v) is 8.74. The molecular formula is C19H22ClIN4O2. The highest BCUT2D eigenvalue weighted by Gasteiger charge is 2.21. The third kappa shape index (κ3) is 5.49. The highest BCUT2D eigenvalue weighted by atomic mass is 127. The fraction of sp³-hybridized carbons (Fsp3) is 0.263. The highest BCUT2D eigenvalue weighted by Crippen LogP contribution is 2.27. The van der Waals surface area contributed by atoms with Crippen LogP contribution in [0.15, 0.2) is 47.5 Å². The first kappa shape index (κ1) is 21.3. The summed E-state index contributed by atoms with van der Waals surface area (Å²) in [6.45, 7) is 1.23. The van der Waals surface area contributed by atoms with E-state index in [1.165, 1.54) is 0 Å². The number of nitrogens with one attached hydrogen (secondary N) is 1. The summed E-state index contributed by atoms with van der Waals surface area (Å²) >= 11 is 6.09. The molecule has 2 aromatic carbocycles. The van der Waals surface area contributed by atoms with Gasteiger partial charge < -0.3 is 20.7 Å². The molecule has 3 N–H and O–H groups in total. The predicted octanol–water partition coefficient (Wildman–Crippen LogP) is 4.02. The number of hydrogen-bond donors (Lipinski definition) is 2. The van der Waals surface area contributed by atoms with E-state index in [1.54, 1.807) is 19.2 Å². The SMILES string of the molecule is COc1ccc(NC(N)=NCc2ccc(N3CCCC3=O)cc2)cc1Cl.I. The Morgan fingerprint density at radius 2 is 2.04 bits per heavy atom. The van der Waals surface area contributed by atoms with Crippen molar-refractivity contribution >= 4 is 58.8 Å². The van der Waals surface area contributed by atoms with Crippen LogP contribution < -0.4 is 20.7 Å². The van der Waals surface area contributed by atoms with Crippen LogP contribution >= 0.6 is 35.6 Å². The number of anilines is 2. The molecule has 1 fully saturated rings. The fourth-order valence-electron chi connectivity index (χ4n) is 2.81. The number of carbonyl (C=O) groups is 1. The molecule has 0 aliphatic carbocycles. The molecule has 1 aliphatic heterocycles. The molecule has 6 nitrogen and oxygen atoms in total. The van der Waals surface area contributed by atoms with Gasteiger partial charge >= 0.3 is 0 Å². The van der Waals surface area contributed by atoms with E-state index in [9.17, 15) is 4.79 Å². The monoisotopic (exact) mass is 500 g/mol. The predicted molar refractivity (Wildman–Crippen MR) is 120 cm³/mol. The molecule has 0 radical (unpaired) electrons. The van der Waals surface area contributed by atoms with E-state index in [1.807, 2.05) is 35.2 Å². The maximum Gasteiger partial charge on any atom is 0.227 e. The molecule has 1 amide bonds. The first-order chi connectivity index (χ1) is 12.6. The molecule has 0 spiro atoms. The van der Waals surface area contributed by atoms with Gasteiger partial charge in [0.1, 0.15) is 5.75 Å². The zero-order chi connectivity index (χ0) is 18.5. The number of rotatable bonds is 5. The van der Waals surface area contributed by atoms with E-state index >= 15 is 0 Å². The van der Waals surface area contributed by atoms with Crippen LogP contribution in [0, 0.1) is 0 Å². The van der Waals surface area contributed by atoms with Gasteiger partial charge in [-0.15, -0.1) is 24.0 Å². The molecule has 144 valence electrons. The lowest BCUT2D eigenvalue weighted by atomic mass is 10.2. The Hall–Kier alpha value is -2.00. The molecule has 0 aromatic heterocycles. The number of guanidine groups is 1. The van der Waals surface area contributed by atoms with Crippen LogP contribution in [-0.2, 0) is 11.3 Å². The molecule has 0 saturated carbocycles. The molecule has 3 rings (SSSR count). The van der Waals surface area contributed by atoms with Crippen molar-refractivity contribution in [2.75, 3.05) is 23.9 Å². The molecule has 0 unspecified atom stereocenters. The first-order valence-electron chi connectivity index (χ1n) is 8.36. The third-order valence-electron chi connectivity index (χ3n) is 4.18. The number of amides is 1. The maximum atomic E-state index is 11.8. The number of halogens is 2. The number of nitrogens with zero attached hydrogens (tertiary/aromatic N) is 2. The summed E-state index contributed by atoms with van der Waals surface area (Å²) in [5.74, 6) is 1.08. The molecule has 8 heteroatoms. The van der Waals surface area contributed by atoms with Gasteiger partial charge in [-0.2, -0.15) is 0 Å². The van der Waals surface area contributed by atoms with Crippen LogP contribution in [0.5, 0.6) is 5.75 Å². The van der Waals surface area contributed by atoms with Crippen LogP contribution in [0.1, 0.15) is 18.4 Å². The van der Waals surface area contributed by atoms with Crippen LogP contribution in [0.2, 0.25) is 5.02 Å². The average Bonchev–Trinajstić information content (AvgIpc) is 3.06. The van der Waals surface area contributed by atoms with Crippen molar-refractivity contribution in [2.24, 2.45) is 10.7 Å². The summed E-state index contributed by atoms with van der Waals surface area (Å²) in [6, 6.07) is 13.1. The number of ether oxygens (including phenoxy) is 1. The number of nitrogens with two attached hydrogens (primary N) is 1. The van der Waals surface area contributed by atoms with Gasteiger partial charge in [-0.05, 0) is 42.3 Å². The van der Waals surface area contributed by atoms with Gasteiger partial charge in [-0.1, -0.05) is 23.7 Å². The van der Waals surface area contributed by atoms with Crippen molar-refractivity contribution in [1.82, 2.24) is 0 Å². The fourth-order valence-corrected chi connectivity index (χ4v) is 3.07. The molecule has 27 heavy (non-hydrogen) atoms. The average molecular weight is 501 g/mol. The van der Waals surface area contributed by atoms with E-state index in [-0.39, 0.29) is 29.9 Å². The second kappa shape index (κ2) is 9.80. The largest absolute Gasteiger partial charge is 0.495 e. The lowest BCUT2D eigenvalue weighted by Crippen LogP contribution is -2.23. The van der Waals surface area contributed by atoms with Crippen LogP contribution in [-0.4, -0.2) is 25.5 Å². The minimum absolute atomic E-state index is 0. The Bertz CT molecular complexity index is 827. The second-order valence-electron chi connectivity index (χ2n) is 5.99. The summed E-state index contributed by atoms with van der Waals surface area (Å²) in [5.41, 5.74) is 8.61. The molecule has 1 saturated heterocycles. The number of hydrogen-bond acceptors (Lipinski definition) is 3. The van der Waals surface area contributed by atoms with E-state index in [2.05, 4.69) is 10.3 Å². The lowest BCUT2D eigenvalue weighted by Gasteiger charge is -2.15. The summed E-state index contributed by atoms with van der Waals surface area (Å²) in [5, 5.41) is 3.50. The quantitative estimate of drug-likeness (QED) is 0.369. The molecule has 0 atom stereocenters. The Labute approximate surface area is 180 Å². The van der Waals surface area contributed by atoms with Crippen molar-refractivity contribution in [1.29, 1.82) is 0 Å². The maximum absolute atomic E-state index is 11.8. The smallest absolute Gasteiger partial charge is 0.227 e. The minimum Gasteiger partial charge on any atom is -0.495 e. The van der Waals surface area contributed by atoms with Gasteiger partial charge in [0.2, 0.25) is 5.91 Å². The zero-order valence-electron chi connectivity index (χ0n) is 14.9. The van der Waals surface area contributed by atoms with Gasteiger partial charge in [0.25, 0.3) is 0 Å². The minimum atomic E-state index is 0. The topological polar surface area (TPSA) is 80.0 Å². The standard InChI is InChI=1S/C19H21ClN4O2.HI/c1-26-17-9-6-14(11-16(17)20)23-19(21)22-12-13-4-7-15(8-5-13)24-10-2-3-18(24)25;/h4-9,11H,2-3,10,12H2,1H3,(H3,21,22,23);1H. The summed E-state index contributed by atoms with van der Waals surface area (Å²) in [4.78, 5) is 17.9. The van der Waals surface area contributed by atoms with Crippen molar-refractivity contribution in [3.63, 3.8) is 0 Å². The molecular weight excluding hydrogens is 479 g/mol. The van der Waals surface area contributed by atoms with E-state index in [0.29, 0.717) is 29.7 Å². The number of methoxy groups -OCH3 is 1.